The van der Waals surface area contributed by atoms with Crippen LogP contribution < -0.4 is 5.73 Å². The molecule has 1 saturated heterocycles. The molecule has 2 N–H and O–H groups in total. The molecule has 104 valence electrons. The average Bonchev–Trinajstić information content (AvgIpc) is 2.77. The first-order valence-corrected chi connectivity index (χ1v) is 7.14. The molecule has 2 rings (SSSR count). The number of rotatable bonds is 2. The number of ether oxygens (including phenoxy) is 1. The van der Waals surface area contributed by atoms with Gasteiger partial charge in [0.2, 0.25) is 5.91 Å². The minimum absolute atomic E-state index is 0.164. The fourth-order valence-corrected chi connectivity index (χ4v) is 3.32. The third-order valence-corrected chi connectivity index (χ3v) is 4.77. The van der Waals surface area contributed by atoms with Crippen molar-refractivity contribution in [1.29, 1.82) is 0 Å². The lowest BCUT2D eigenvalue weighted by molar-refractivity contribution is -0.138. The molecule has 5 unspecified atom stereocenters. The number of amides is 1. The molecule has 1 amide bonds. The van der Waals surface area contributed by atoms with Gasteiger partial charge in [0.05, 0.1) is 12.1 Å². The van der Waals surface area contributed by atoms with Crippen molar-refractivity contribution in [3.8, 4) is 0 Å². The zero-order chi connectivity index (χ0) is 13.3. The van der Waals surface area contributed by atoms with Gasteiger partial charge in [-0.1, -0.05) is 6.92 Å². The maximum Gasteiger partial charge on any atom is 0.225 e. The van der Waals surface area contributed by atoms with E-state index in [1.807, 2.05) is 11.9 Å². The molecule has 0 radical (unpaired) electrons. The van der Waals surface area contributed by atoms with Gasteiger partial charge in [-0.15, -0.1) is 0 Å². The van der Waals surface area contributed by atoms with Gasteiger partial charge in [-0.2, -0.15) is 0 Å². The molecule has 0 spiro atoms. The summed E-state index contributed by atoms with van der Waals surface area (Å²) in [5, 5.41) is 0. The quantitative estimate of drug-likeness (QED) is 0.810. The molecule has 0 bridgehead atoms. The van der Waals surface area contributed by atoms with Gasteiger partial charge in [0, 0.05) is 25.6 Å². The summed E-state index contributed by atoms with van der Waals surface area (Å²) in [6, 6.07) is 0.525. The largest absolute Gasteiger partial charge is 0.376 e. The summed E-state index contributed by atoms with van der Waals surface area (Å²) >= 11 is 0. The van der Waals surface area contributed by atoms with E-state index in [4.69, 9.17) is 10.5 Å². The number of nitrogens with two attached hydrogens (primary N) is 1. The Morgan fingerprint density at radius 1 is 1.28 bits per heavy atom. The molecule has 2 fully saturated rings. The molecule has 0 aromatic carbocycles. The van der Waals surface area contributed by atoms with Crippen LogP contribution in [0.5, 0.6) is 0 Å². The summed E-state index contributed by atoms with van der Waals surface area (Å²) in [6.07, 6.45) is 3.98. The van der Waals surface area contributed by atoms with Gasteiger partial charge in [0.1, 0.15) is 0 Å². The number of carbonyl (C=O) groups is 1. The van der Waals surface area contributed by atoms with Crippen LogP contribution in [0.25, 0.3) is 0 Å². The van der Waals surface area contributed by atoms with Crippen molar-refractivity contribution in [3.63, 3.8) is 0 Å². The zero-order valence-corrected chi connectivity index (χ0v) is 11.8. The van der Waals surface area contributed by atoms with Gasteiger partial charge >= 0.3 is 0 Å². The highest BCUT2D eigenvalue weighted by Gasteiger charge is 2.36. The Labute approximate surface area is 110 Å². The van der Waals surface area contributed by atoms with E-state index in [1.165, 1.54) is 0 Å². The third-order valence-electron chi connectivity index (χ3n) is 4.77. The highest BCUT2D eigenvalue weighted by molar-refractivity contribution is 5.79. The lowest BCUT2D eigenvalue weighted by Gasteiger charge is -2.35. The third kappa shape index (κ3) is 2.69. The molecule has 0 aromatic heterocycles. The normalized spacial score (nSPS) is 40.8. The minimum atomic E-state index is 0.164. The first-order chi connectivity index (χ1) is 8.50. The number of likely N-dealkylation sites (N-methyl/N-ethyl adjacent to an activating group) is 1. The molecular weight excluding hydrogens is 228 g/mol. The fraction of sp³-hybridized carbons (Fsp3) is 0.929. The summed E-state index contributed by atoms with van der Waals surface area (Å²) in [5.74, 6) is 0.909. The van der Waals surface area contributed by atoms with Crippen LogP contribution in [0.1, 0.15) is 39.5 Å². The molecule has 18 heavy (non-hydrogen) atoms. The van der Waals surface area contributed by atoms with E-state index >= 15 is 0 Å². The monoisotopic (exact) mass is 254 g/mol. The summed E-state index contributed by atoms with van der Waals surface area (Å²) in [7, 11) is 1.93. The van der Waals surface area contributed by atoms with E-state index in [2.05, 4.69) is 13.8 Å². The van der Waals surface area contributed by atoms with Crippen molar-refractivity contribution >= 4 is 5.91 Å². The number of hydrogen-bond donors (Lipinski definition) is 1. The molecule has 1 aliphatic heterocycles. The highest BCUT2D eigenvalue weighted by Crippen LogP contribution is 2.30. The molecule has 4 nitrogen and oxygen atoms in total. The topological polar surface area (TPSA) is 55.6 Å². The van der Waals surface area contributed by atoms with Crippen LogP contribution in [-0.4, -0.2) is 42.6 Å². The standard InChI is InChI=1S/C14H26N2O2/c1-9-8-11(4-5-12(9)15)14(17)16(3)13-6-7-18-10(13)2/h9-13H,4-8,15H2,1-3H3. The molecule has 5 atom stereocenters. The number of nitrogens with zero attached hydrogens (tertiary/aromatic N) is 1. The van der Waals surface area contributed by atoms with Gasteiger partial charge < -0.3 is 15.4 Å². The maximum absolute atomic E-state index is 12.5. The van der Waals surface area contributed by atoms with Gasteiger partial charge in [0.15, 0.2) is 0 Å². The van der Waals surface area contributed by atoms with Crippen molar-refractivity contribution in [2.24, 2.45) is 17.6 Å². The van der Waals surface area contributed by atoms with E-state index in [9.17, 15) is 4.79 Å². The maximum atomic E-state index is 12.5. The Bertz CT molecular complexity index is 308. The van der Waals surface area contributed by atoms with Gasteiger partial charge in [-0.25, -0.2) is 0 Å². The lowest BCUT2D eigenvalue weighted by Crippen LogP contribution is -2.46. The Morgan fingerprint density at radius 2 is 2.00 bits per heavy atom. The van der Waals surface area contributed by atoms with E-state index in [0.717, 1.165) is 32.3 Å². The molecule has 1 saturated carbocycles. The number of carbonyl (C=O) groups excluding carboxylic acids is 1. The fourth-order valence-electron chi connectivity index (χ4n) is 3.32. The average molecular weight is 254 g/mol. The molecule has 1 aliphatic carbocycles. The van der Waals surface area contributed by atoms with Crippen molar-refractivity contribution in [1.82, 2.24) is 4.90 Å². The second-order valence-electron chi connectivity index (χ2n) is 6.03. The Morgan fingerprint density at radius 3 is 2.56 bits per heavy atom. The van der Waals surface area contributed by atoms with Crippen LogP contribution in [0, 0.1) is 11.8 Å². The SMILES string of the molecule is CC1CC(C(=O)N(C)C2CCOC2C)CCC1N. The van der Waals surface area contributed by atoms with Crippen molar-refractivity contribution in [3.05, 3.63) is 0 Å². The first kappa shape index (κ1) is 13.8. The summed E-state index contributed by atoms with van der Waals surface area (Å²) < 4.78 is 5.55. The van der Waals surface area contributed by atoms with E-state index < -0.39 is 0 Å². The summed E-state index contributed by atoms with van der Waals surface area (Å²) in [4.78, 5) is 14.4. The molecule has 4 heteroatoms. The Kier molecular flexibility index (Phi) is 4.28. The second-order valence-corrected chi connectivity index (χ2v) is 6.03. The molecule has 1 heterocycles. The summed E-state index contributed by atoms with van der Waals surface area (Å²) in [6.45, 7) is 4.99. The van der Waals surface area contributed by atoms with Gasteiger partial charge in [0.25, 0.3) is 0 Å². The smallest absolute Gasteiger partial charge is 0.225 e. The van der Waals surface area contributed by atoms with Gasteiger partial charge in [-0.3, -0.25) is 4.79 Å². The van der Waals surface area contributed by atoms with E-state index in [1.54, 1.807) is 0 Å². The Hall–Kier alpha value is -0.610. The lowest BCUT2D eigenvalue weighted by atomic mass is 9.78. The molecule has 2 aliphatic rings. The zero-order valence-electron chi connectivity index (χ0n) is 11.8. The summed E-state index contributed by atoms with van der Waals surface area (Å²) in [5.41, 5.74) is 6.02. The van der Waals surface area contributed by atoms with E-state index in [0.29, 0.717) is 5.92 Å². The second kappa shape index (κ2) is 5.57. The van der Waals surface area contributed by atoms with Crippen molar-refractivity contribution in [2.45, 2.75) is 57.7 Å². The van der Waals surface area contributed by atoms with Crippen LogP contribution >= 0.6 is 0 Å². The van der Waals surface area contributed by atoms with Crippen LogP contribution in [0.3, 0.4) is 0 Å². The van der Waals surface area contributed by atoms with Crippen LogP contribution in [-0.2, 0) is 9.53 Å². The molecular formula is C14H26N2O2. The predicted molar refractivity (Wildman–Crippen MR) is 71.1 cm³/mol. The van der Waals surface area contributed by atoms with E-state index in [-0.39, 0.29) is 30.0 Å². The minimum Gasteiger partial charge on any atom is -0.376 e. The number of hydrogen-bond acceptors (Lipinski definition) is 3. The first-order valence-electron chi connectivity index (χ1n) is 7.14. The van der Waals surface area contributed by atoms with Crippen molar-refractivity contribution < 1.29 is 9.53 Å². The Balaban J connectivity index is 1.94. The molecule has 0 aromatic rings. The van der Waals surface area contributed by atoms with Crippen LogP contribution in [0.2, 0.25) is 0 Å². The van der Waals surface area contributed by atoms with Crippen molar-refractivity contribution in [2.75, 3.05) is 13.7 Å². The highest BCUT2D eigenvalue weighted by atomic mass is 16.5. The van der Waals surface area contributed by atoms with Crippen LogP contribution in [0.4, 0.5) is 0 Å². The van der Waals surface area contributed by atoms with Crippen LogP contribution in [0.15, 0.2) is 0 Å². The predicted octanol–water partition coefficient (Wildman–Crippen LogP) is 1.39. The van der Waals surface area contributed by atoms with Gasteiger partial charge in [-0.05, 0) is 38.5 Å².